The Bertz CT molecular complexity index is 477. The summed E-state index contributed by atoms with van der Waals surface area (Å²) in [6, 6.07) is 5.49. The van der Waals surface area contributed by atoms with Crippen molar-refractivity contribution >= 4 is 5.78 Å². The summed E-state index contributed by atoms with van der Waals surface area (Å²) in [7, 11) is 3.95. The number of nitrogens with zero attached hydrogens (tertiary/aromatic N) is 1. The molecule has 21 heavy (non-hydrogen) atoms. The highest BCUT2D eigenvalue weighted by Crippen LogP contribution is 2.30. The van der Waals surface area contributed by atoms with Gasteiger partial charge in [0.2, 0.25) is 0 Å². The van der Waals surface area contributed by atoms with Gasteiger partial charge >= 0.3 is 0 Å². The fourth-order valence-corrected chi connectivity index (χ4v) is 2.38. The summed E-state index contributed by atoms with van der Waals surface area (Å²) in [5.41, 5.74) is 0.697. The lowest BCUT2D eigenvalue weighted by Crippen LogP contribution is -3.00. The Hall–Kier alpha value is -1.26. The summed E-state index contributed by atoms with van der Waals surface area (Å²) in [4.78, 5) is 14.4. The third-order valence-electron chi connectivity index (χ3n) is 3.37. The molecule has 0 saturated carbocycles. The topological polar surface area (TPSA) is 38.8 Å². The Labute approximate surface area is 132 Å². The van der Waals surface area contributed by atoms with Gasteiger partial charge in [-0.1, -0.05) is 6.92 Å². The zero-order chi connectivity index (χ0) is 14.5. The number of hydrogen-bond donors (Lipinski definition) is 0. The number of carbonyl (C=O) groups excluding carboxylic acids is 1. The molecule has 1 aromatic rings. The highest BCUT2D eigenvalue weighted by molar-refractivity contribution is 5.98. The Morgan fingerprint density at radius 1 is 1.19 bits per heavy atom. The van der Waals surface area contributed by atoms with Gasteiger partial charge in [0.15, 0.2) is 17.3 Å². The lowest BCUT2D eigenvalue weighted by Gasteiger charge is -2.19. The van der Waals surface area contributed by atoms with Gasteiger partial charge in [-0.2, -0.15) is 0 Å². The summed E-state index contributed by atoms with van der Waals surface area (Å²) < 4.78 is 11.3. The van der Waals surface area contributed by atoms with E-state index in [1.165, 1.54) is 0 Å². The smallest absolute Gasteiger partial charge is 0.167 e. The molecule has 1 aliphatic rings. The van der Waals surface area contributed by atoms with Crippen molar-refractivity contribution in [3.8, 4) is 11.5 Å². The minimum Gasteiger partial charge on any atom is -1.00 e. The lowest BCUT2D eigenvalue weighted by molar-refractivity contribution is -0.0000127. The largest absolute Gasteiger partial charge is 1.00 e. The van der Waals surface area contributed by atoms with Gasteiger partial charge in [0, 0.05) is 18.0 Å². The van der Waals surface area contributed by atoms with Crippen molar-refractivity contribution in [1.82, 2.24) is 4.90 Å². The van der Waals surface area contributed by atoms with E-state index >= 15 is 0 Å². The maximum Gasteiger partial charge on any atom is 0.167 e. The van der Waals surface area contributed by atoms with E-state index in [2.05, 4.69) is 0 Å². The number of benzene rings is 1. The number of ketones is 1. The van der Waals surface area contributed by atoms with Crippen molar-refractivity contribution in [3.63, 3.8) is 0 Å². The van der Waals surface area contributed by atoms with E-state index in [0.717, 1.165) is 25.1 Å². The molecule has 2 rings (SSSR count). The van der Waals surface area contributed by atoms with Gasteiger partial charge in [0.25, 0.3) is 0 Å². The van der Waals surface area contributed by atoms with Crippen molar-refractivity contribution in [1.29, 1.82) is 0 Å². The fraction of sp³-hybridized carbons (Fsp3) is 0.562. The average molecular weight is 313 g/mol. The second kappa shape index (κ2) is 8.25. The monoisotopic (exact) mass is 312 g/mol. The third kappa shape index (κ3) is 4.90. The molecule has 1 heterocycles. The van der Waals surface area contributed by atoms with Crippen LogP contribution in [-0.2, 0) is 0 Å². The van der Waals surface area contributed by atoms with E-state index in [1.54, 1.807) is 0 Å². The molecule has 1 unspecified atom stereocenters. The first-order valence-corrected chi connectivity index (χ1v) is 7.16. The Balaban J connectivity index is 0.00000220. The van der Waals surface area contributed by atoms with Gasteiger partial charge in [0.1, 0.15) is 0 Å². The van der Waals surface area contributed by atoms with Crippen molar-refractivity contribution in [2.75, 3.05) is 33.9 Å². The summed E-state index contributed by atoms with van der Waals surface area (Å²) in [5.74, 6) is 1.54. The maximum atomic E-state index is 12.4. The van der Waals surface area contributed by atoms with Crippen LogP contribution in [0.15, 0.2) is 18.2 Å². The van der Waals surface area contributed by atoms with E-state index in [1.807, 2.05) is 44.1 Å². The molecule has 0 bridgehead atoms. The summed E-state index contributed by atoms with van der Waals surface area (Å²) >= 11 is 0. The molecule has 4 nitrogen and oxygen atoms in total. The first-order valence-electron chi connectivity index (χ1n) is 7.16. The normalized spacial score (nSPS) is 15.6. The molecule has 0 saturated heterocycles. The number of carbonyl (C=O) groups is 1. The number of hydrogen-bond acceptors (Lipinski definition) is 4. The van der Waals surface area contributed by atoms with Crippen molar-refractivity contribution in [3.05, 3.63) is 23.8 Å². The van der Waals surface area contributed by atoms with Gasteiger partial charge in [-0.25, -0.2) is 0 Å². The fourth-order valence-electron chi connectivity index (χ4n) is 2.38. The van der Waals surface area contributed by atoms with Crippen LogP contribution < -0.4 is 21.9 Å². The molecular weight excluding hydrogens is 290 g/mol. The summed E-state index contributed by atoms with van der Waals surface area (Å²) in [6.45, 7) is 4.09. The van der Waals surface area contributed by atoms with Crippen molar-refractivity contribution in [2.45, 2.75) is 19.8 Å². The van der Waals surface area contributed by atoms with Crippen LogP contribution in [0.3, 0.4) is 0 Å². The second-order valence-electron chi connectivity index (χ2n) is 5.59. The van der Waals surface area contributed by atoms with Crippen LogP contribution in [0.2, 0.25) is 0 Å². The molecule has 0 aromatic heterocycles. The molecule has 0 spiro atoms. The van der Waals surface area contributed by atoms with Crippen LogP contribution in [0.25, 0.3) is 0 Å². The number of halogens is 1. The highest BCUT2D eigenvalue weighted by Gasteiger charge is 2.18. The van der Waals surface area contributed by atoms with Crippen LogP contribution in [0.1, 0.15) is 30.1 Å². The molecule has 5 heteroatoms. The lowest BCUT2D eigenvalue weighted by atomic mass is 9.98. The average Bonchev–Trinajstić information content (AvgIpc) is 2.37. The van der Waals surface area contributed by atoms with E-state index in [-0.39, 0.29) is 24.1 Å². The molecule has 0 fully saturated rings. The molecule has 1 aromatic carbocycles. The first kappa shape index (κ1) is 17.8. The quantitative estimate of drug-likeness (QED) is 0.711. The van der Waals surface area contributed by atoms with E-state index < -0.39 is 0 Å². The Morgan fingerprint density at radius 3 is 2.43 bits per heavy atom. The predicted molar refractivity (Wildman–Crippen MR) is 78.7 cm³/mol. The van der Waals surface area contributed by atoms with E-state index in [4.69, 9.17) is 9.47 Å². The number of Topliss-reactive ketones (excluding diaryl/α,β-unsaturated/α-hetero) is 1. The SMILES string of the molecule is CC(CN(C)C)C(=O)c1ccc2c(c1)OCCCCO2.[Cl-]. The minimum atomic E-state index is -0.0301. The number of fused-ring (bicyclic) bond motifs is 1. The van der Waals surface area contributed by atoms with E-state index in [0.29, 0.717) is 24.5 Å². The molecule has 1 aliphatic heterocycles. The standard InChI is InChI=1S/C16H23NO3.ClH/c1-12(11-17(2)3)16(18)13-6-7-14-15(10-13)20-9-5-4-8-19-14;/h6-7,10,12H,4-5,8-9,11H2,1-3H3;1H/p-1. The number of ether oxygens (including phenoxy) is 2. The van der Waals surface area contributed by atoms with Crippen LogP contribution in [0, 0.1) is 5.92 Å². The summed E-state index contributed by atoms with van der Waals surface area (Å²) in [6.07, 6.45) is 1.98. The van der Waals surface area contributed by atoms with Gasteiger partial charge in [0.05, 0.1) is 13.2 Å². The van der Waals surface area contributed by atoms with Crippen LogP contribution in [-0.4, -0.2) is 44.5 Å². The van der Waals surface area contributed by atoms with Crippen LogP contribution in [0.5, 0.6) is 11.5 Å². The van der Waals surface area contributed by atoms with Crippen LogP contribution in [0.4, 0.5) is 0 Å². The highest BCUT2D eigenvalue weighted by atomic mass is 35.5. The first-order chi connectivity index (χ1) is 9.58. The molecule has 0 aliphatic carbocycles. The van der Waals surface area contributed by atoms with Crippen LogP contribution >= 0.6 is 0 Å². The molecule has 0 radical (unpaired) electrons. The second-order valence-corrected chi connectivity index (χ2v) is 5.59. The third-order valence-corrected chi connectivity index (χ3v) is 3.37. The maximum absolute atomic E-state index is 12.4. The zero-order valence-electron chi connectivity index (χ0n) is 12.9. The van der Waals surface area contributed by atoms with Gasteiger partial charge in [-0.05, 0) is 45.1 Å². The number of rotatable bonds is 4. The molecular formula is C16H23ClNO3-. The summed E-state index contributed by atoms with van der Waals surface area (Å²) in [5, 5.41) is 0. The molecule has 0 N–H and O–H groups in total. The molecule has 118 valence electrons. The van der Waals surface area contributed by atoms with Gasteiger partial charge in [-0.3, -0.25) is 4.79 Å². The van der Waals surface area contributed by atoms with Crippen molar-refractivity contribution < 1.29 is 26.7 Å². The minimum absolute atomic E-state index is 0. The Morgan fingerprint density at radius 2 is 1.81 bits per heavy atom. The zero-order valence-corrected chi connectivity index (χ0v) is 13.7. The Kier molecular flexibility index (Phi) is 6.99. The van der Waals surface area contributed by atoms with Crippen molar-refractivity contribution in [2.24, 2.45) is 5.92 Å². The molecule has 1 atom stereocenters. The van der Waals surface area contributed by atoms with Gasteiger partial charge < -0.3 is 26.8 Å². The van der Waals surface area contributed by atoms with E-state index in [9.17, 15) is 4.79 Å². The molecule has 0 amide bonds. The predicted octanol–water partition coefficient (Wildman–Crippen LogP) is -0.378. The van der Waals surface area contributed by atoms with Gasteiger partial charge in [-0.15, -0.1) is 0 Å².